The smallest absolute Gasteiger partial charge is 0.346 e. The van der Waals surface area contributed by atoms with E-state index >= 15 is 0 Å². The van der Waals surface area contributed by atoms with Gasteiger partial charge in [0.1, 0.15) is 5.82 Å². The second kappa shape index (κ2) is 4.75. The minimum absolute atomic E-state index is 0.126. The molecule has 0 saturated carbocycles. The highest BCUT2D eigenvalue weighted by atomic mass is 19.2. The van der Waals surface area contributed by atoms with Crippen molar-refractivity contribution in [3.8, 4) is 0 Å². The first-order chi connectivity index (χ1) is 8.99. The number of halogens is 3. The number of benzene rings is 1. The number of hydrogen-bond donors (Lipinski definition) is 0. The van der Waals surface area contributed by atoms with E-state index in [1.165, 1.54) is 6.92 Å². The molecule has 100 valence electrons. The van der Waals surface area contributed by atoms with Crippen LogP contribution in [0.4, 0.5) is 13.3 Å². The predicted molar refractivity (Wildman–Crippen MR) is 60.6 cm³/mol. The van der Waals surface area contributed by atoms with Gasteiger partial charge >= 0.3 is 5.97 Å². The van der Waals surface area contributed by atoms with Gasteiger partial charge in [0.05, 0.1) is 17.5 Å². The van der Waals surface area contributed by atoms with Crippen molar-refractivity contribution in [3.05, 3.63) is 45.8 Å². The van der Waals surface area contributed by atoms with Gasteiger partial charge < -0.3 is 4.74 Å². The predicted octanol–water partition coefficient (Wildman–Crippen LogP) is 2.19. The number of rotatable bonds is 2. The Balaban J connectivity index is 2.91. The van der Waals surface area contributed by atoms with E-state index in [1.807, 2.05) is 0 Å². The molecule has 19 heavy (non-hydrogen) atoms. The number of pyridine rings is 1. The average molecular weight is 271 g/mol. The average Bonchev–Trinajstić information content (AvgIpc) is 2.36. The Hall–Kier alpha value is -2.31. The zero-order valence-electron chi connectivity index (χ0n) is 9.75. The summed E-state index contributed by atoms with van der Waals surface area (Å²) in [5.74, 6) is -4.08. The largest absolute Gasteiger partial charge is 0.462 e. The second-order valence-electron chi connectivity index (χ2n) is 3.63. The fourth-order valence-corrected chi connectivity index (χ4v) is 1.70. The Morgan fingerprint density at radius 1 is 1.37 bits per heavy atom. The third-order valence-corrected chi connectivity index (χ3v) is 2.52. The molecule has 0 radical (unpaired) electrons. The molecule has 0 N–H and O–H groups in total. The molecule has 0 aliphatic carbocycles. The lowest BCUT2D eigenvalue weighted by atomic mass is 10.1. The number of carbonyl (C=O) groups is 1. The zero-order chi connectivity index (χ0) is 14.2. The Labute approximate surface area is 105 Å². The zero-order valence-corrected chi connectivity index (χ0v) is 9.75. The Bertz CT molecular complexity index is 724. The van der Waals surface area contributed by atoms with Gasteiger partial charge in [-0.15, -0.1) is 4.79 Å². The summed E-state index contributed by atoms with van der Waals surface area (Å²) in [7, 11) is 0. The molecule has 1 heterocycles. The molecule has 0 amide bonds. The molecule has 0 aliphatic rings. The van der Waals surface area contributed by atoms with Crippen molar-refractivity contribution in [3.63, 3.8) is 0 Å². The van der Waals surface area contributed by atoms with Crippen LogP contribution in [0, 0.1) is 11.8 Å². The van der Waals surface area contributed by atoms with Crippen molar-refractivity contribution >= 4 is 16.9 Å². The van der Waals surface area contributed by atoms with E-state index in [1.54, 1.807) is 0 Å². The molecule has 2 rings (SSSR count). The molecule has 1 aromatic heterocycles. The van der Waals surface area contributed by atoms with E-state index in [2.05, 4.69) is 4.74 Å². The van der Waals surface area contributed by atoms with Gasteiger partial charge in [0, 0.05) is 0 Å². The minimum Gasteiger partial charge on any atom is -0.462 e. The SMILES string of the molecule is CCOC(=O)c1c(F)n(F)c2cccc(F)c2c1=O. The van der Waals surface area contributed by atoms with Gasteiger partial charge in [0.25, 0.3) is 0 Å². The third kappa shape index (κ3) is 1.96. The van der Waals surface area contributed by atoms with E-state index in [0.717, 1.165) is 18.2 Å². The lowest BCUT2D eigenvalue weighted by molar-refractivity contribution is 0.0514. The van der Waals surface area contributed by atoms with Gasteiger partial charge in [0.2, 0.25) is 11.4 Å². The van der Waals surface area contributed by atoms with Gasteiger partial charge in [-0.2, -0.15) is 4.39 Å². The first kappa shape index (κ1) is 13.1. The summed E-state index contributed by atoms with van der Waals surface area (Å²) in [6, 6.07) is 3.06. The summed E-state index contributed by atoms with van der Waals surface area (Å²) < 4.78 is 45.3. The molecular weight excluding hydrogens is 263 g/mol. The van der Waals surface area contributed by atoms with Crippen LogP contribution in [0.5, 0.6) is 0 Å². The number of hydrogen-bond acceptors (Lipinski definition) is 3. The molecule has 0 unspecified atom stereocenters. The van der Waals surface area contributed by atoms with Gasteiger partial charge in [-0.1, -0.05) is 10.5 Å². The number of aromatic nitrogens is 1. The highest BCUT2D eigenvalue weighted by Crippen LogP contribution is 2.18. The molecule has 0 fully saturated rings. The first-order valence-corrected chi connectivity index (χ1v) is 5.35. The van der Waals surface area contributed by atoms with Crippen molar-refractivity contribution in [2.45, 2.75) is 6.92 Å². The Morgan fingerprint density at radius 3 is 2.68 bits per heavy atom. The maximum atomic E-state index is 13.7. The summed E-state index contributed by atoms with van der Waals surface area (Å²) in [6.45, 7) is 1.31. The number of esters is 1. The van der Waals surface area contributed by atoms with Crippen LogP contribution in [0.3, 0.4) is 0 Å². The molecule has 0 bridgehead atoms. The highest BCUT2D eigenvalue weighted by molar-refractivity contribution is 5.94. The van der Waals surface area contributed by atoms with E-state index in [9.17, 15) is 22.9 Å². The van der Waals surface area contributed by atoms with E-state index in [0.29, 0.717) is 0 Å². The van der Waals surface area contributed by atoms with E-state index in [-0.39, 0.29) is 6.61 Å². The Morgan fingerprint density at radius 2 is 2.05 bits per heavy atom. The van der Waals surface area contributed by atoms with Crippen molar-refractivity contribution < 1.29 is 22.8 Å². The van der Waals surface area contributed by atoms with Gasteiger partial charge in [-0.05, 0) is 19.1 Å². The Kier molecular flexibility index (Phi) is 3.28. The molecule has 0 saturated heterocycles. The lowest BCUT2D eigenvalue weighted by Crippen LogP contribution is -2.24. The van der Waals surface area contributed by atoms with Crippen LogP contribution in [0.25, 0.3) is 10.9 Å². The molecule has 0 spiro atoms. The molecule has 7 heteroatoms. The van der Waals surface area contributed by atoms with Gasteiger partial charge in [-0.25, -0.2) is 9.18 Å². The van der Waals surface area contributed by atoms with Crippen LogP contribution in [0.2, 0.25) is 0 Å². The summed E-state index contributed by atoms with van der Waals surface area (Å²) in [6.07, 6.45) is 0. The van der Waals surface area contributed by atoms with E-state index < -0.39 is 44.4 Å². The molecule has 2 aromatic rings. The molecule has 0 aliphatic heterocycles. The number of nitrogens with zero attached hydrogens (tertiary/aromatic N) is 1. The minimum atomic E-state index is -1.71. The second-order valence-corrected chi connectivity index (χ2v) is 3.63. The van der Waals surface area contributed by atoms with Crippen molar-refractivity contribution in [1.82, 2.24) is 4.79 Å². The van der Waals surface area contributed by atoms with Crippen molar-refractivity contribution in [2.75, 3.05) is 6.61 Å². The maximum Gasteiger partial charge on any atom is 0.346 e. The fourth-order valence-electron chi connectivity index (χ4n) is 1.70. The van der Waals surface area contributed by atoms with Gasteiger partial charge in [0.15, 0.2) is 5.56 Å². The van der Waals surface area contributed by atoms with Crippen LogP contribution in [-0.4, -0.2) is 17.4 Å². The molecular formula is C12H8F3NO3. The van der Waals surface area contributed by atoms with Crippen molar-refractivity contribution in [1.29, 1.82) is 0 Å². The van der Waals surface area contributed by atoms with Crippen LogP contribution in [0.15, 0.2) is 23.0 Å². The molecule has 4 nitrogen and oxygen atoms in total. The van der Waals surface area contributed by atoms with Crippen LogP contribution < -0.4 is 5.43 Å². The number of fused-ring (bicyclic) bond motifs is 1. The maximum absolute atomic E-state index is 13.7. The highest BCUT2D eigenvalue weighted by Gasteiger charge is 2.25. The molecule has 1 aromatic carbocycles. The van der Waals surface area contributed by atoms with Crippen LogP contribution in [0.1, 0.15) is 17.3 Å². The fraction of sp³-hybridized carbons (Fsp3) is 0.167. The topological polar surface area (TPSA) is 48.3 Å². The first-order valence-electron chi connectivity index (χ1n) is 5.35. The lowest BCUT2D eigenvalue weighted by Gasteiger charge is -2.08. The van der Waals surface area contributed by atoms with E-state index in [4.69, 9.17) is 0 Å². The quantitative estimate of drug-likeness (QED) is 0.621. The number of ether oxygens (including phenoxy) is 1. The summed E-state index contributed by atoms with van der Waals surface area (Å²) in [5, 5.41) is -0.700. The summed E-state index contributed by atoms with van der Waals surface area (Å²) >= 11 is 0. The third-order valence-electron chi connectivity index (χ3n) is 2.52. The van der Waals surface area contributed by atoms with Gasteiger partial charge in [-0.3, -0.25) is 4.79 Å². The summed E-state index contributed by atoms with van der Waals surface area (Å²) in [5.41, 5.74) is -2.98. The monoisotopic (exact) mass is 271 g/mol. The van der Waals surface area contributed by atoms with Crippen LogP contribution in [-0.2, 0) is 4.74 Å². The molecule has 0 atom stereocenters. The van der Waals surface area contributed by atoms with Crippen LogP contribution >= 0.6 is 0 Å². The standard InChI is InChI=1S/C12H8F3NO3/c1-2-19-12(18)9-10(17)8-6(13)4-3-5-7(8)16(15)11(9)14/h3-5H,2H2,1H3. The number of carbonyl (C=O) groups excluding carboxylic acids is 1. The normalized spacial score (nSPS) is 10.7. The summed E-state index contributed by atoms with van der Waals surface area (Å²) in [4.78, 5) is 22.8. The van der Waals surface area contributed by atoms with Crippen molar-refractivity contribution in [2.24, 2.45) is 0 Å².